The Hall–Kier alpha value is -2.29. The fraction of sp³-hybridized carbons (Fsp3) is 0.409. The molecule has 0 unspecified atom stereocenters. The molecule has 0 bridgehead atoms. The van der Waals surface area contributed by atoms with Gasteiger partial charge in [-0.15, -0.1) is 0 Å². The molecule has 0 N–H and O–H groups in total. The van der Waals surface area contributed by atoms with Gasteiger partial charge in [-0.2, -0.15) is 0 Å². The van der Waals surface area contributed by atoms with Crippen molar-refractivity contribution < 1.29 is 4.79 Å². The second-order valence-electron chi connectivity index (χ2n) is 7.31. The van der Waals surface area contributed by atoms with Gasteiger partial charge in [-0.3, -0.25) is 4.79 Å². The van der Waals surface area contributed by atoms with E-state index in [0.29, 0.717) is 0 Å². The number of rotatable bonds is 2. The predicted molar refractivity (Wildman–Crippen MR) is 102 cm³/mol. The lowest BCUT2D eigenvalue weighted by Crippen LogP contribution is -2.48. The van der Waals surface area contributed by atoms with Gasteiger partial charge in [-0.1, -0.05) is 18.2 Å². The Morgan fingerprint density at radius 3 is 2.40 bits per heavy atom. The molecular formula is C22H26N2O. The maximum absolute atomic E-state index is 12.9. The predicted octanol–water partition coefficient (Wildman–Crippen LogP) is 3.84. The van der Waals surface area contributed by atoms with Crippen molar-refractivity contribution in [1.29, 1.82) is 0 Å². The minimum Gasteiger partial charge on any atom is -0.368 e. The Kier molecular flexibility index (Phi) is 4.48. The van der Waals surface area contributed by atoms with Gasteiger partial charge in [-0.05, 0) is 73.6 Å². The van der Waals surface area contributed by atoms with E-state index in [1.165, 1.54) is 41.6 Å². The van der Waals surface area contributed by atoms with E-state index in [0.717, 1.165) is 38.2 Å². The largest absolute Gasteiger partial charge is 0.368 e. The van der Waals surface area contributed by atoms with Gasteiger partial charge in [0.05, 0.1) is 0 Å². The standard InChI is InChI=1S/C22H26N2O/c1-17-5-4-8-21(15-17)23-11-13-24(14-12-23)22(25)20-10-9-18-6-2-3-7-19(18)16-20/h4-5,8-10,15-16H,2-3,6-7,11-14H2,1H3. The summed E-state index contributed by atoms with van der Waals surface area (Å²) in [5, 5.41) is 0. The van der Waals surface area contributed by atoms with Crippen LogP contribution >= 0.6 is 0 Å². The summed E-state index contributed by atoms with van der Waals surface area (Å²) >= 11 is 0. The van der Waals surface area contributed by atoms with Crippen molar-refractivity contribution in [3.63, 3.8) is 0 Å². The number of carbonyl (C=O) groups is 1. The van der Waals surface area contributed by atoms with E-state index in [2.05, 4.69) is 48.2 Å². The van der Waals surface area contributed by atoms with Crippen LogP contribution in [0.15, 0.2) is 42.5 Å². The number of nitrogens with zero attached hydrogens (tertiary/aromatic N) is 2. The summed E-state index contributed by atoms with van der Waals surface area (Å²) in [7, 11) is 0. The fourth-order valence-corrected chi connectivity index (χ4v) is 4.04. The summed E-state index contributed by atoms with van der Waals surface area (Å²) in [4.78, 5) is 17.3. The van der Waals surface area contributed by atoms with E-state index < -0.39 is 0 Å². The first-order chi connectivity index (χ1) is 12.2. The van der Waals surface area contributed by atoms with Crippen LogP contribution in [0.2, 0.25) is 0 Å². The molecule has 3 heteroatoms. The van der Waals surface area contributed by atoms with Crippen LogP contribution in [0.1, 0.15) is 39.9 Å². The van der Waals surface area contributed by atoms with Crippen molar-refractivity contribution in [3.05, 3.63) is 64.7 Å². The van der Waals surface area contributed by atoms with Crippen LogP contribution < -0.4 is 4.90 Å². The first kappa shape index (κ1) is 16.2. The number of hydrogen-bond donors (Lipinski definition) is 0. The third kappa shape index (κ3) is 3.41. The molecule has 1 aliphatic heterocycles. The maximum atomic E-state index is 12.9. The maximum Gasteiger partial charge on any atom is 0.253 e. The summed E-state index contributed by atoms with van der Waals surface area (Å²) in [6, 6.07) is 15.0. The fourth-order valence-electron chi connectivity index (χ4n) is 4.04. The molecule has 130 valence electrons. The number of fused-ring (bicyclic) bond motifs is 1. The molecule has 2 aromatic rings. The van der Waals surface area contributed by atoms with Crippen LogP contribution in [0.25, 0.3) is 0 Å². The molecule has 0 saturated carbocycles. The highest BCUT2D eigenvalue weighted by Crippen LogP contribution is 2.24. The Bertz CT molecular complexity index is 775. The second-order valence-corrected chi connectivity index (χ2v) is 7.31. The molecule has 1 saturated heterocycles. The lowest BCUT2D eigenvalue weighted by molar-refractivity contribution is 0.0746. The quantitative estimate of drug-likeness (QED) is 0.833. The number of aryl methyl sites for hydroxylation is 3. The molecule has 1 fully saturated rings. The van der Waals surface area contributed by atoms with E-state index >= 15 is 0 Å². The number of benzene rings is 2. The van der Waals surface area contributed by atoms with E-state index in [9.17, 15) is 4.79 Å². The summed E-state index contributed by atoms with van der Waals surface area (Å²) in [5.74, 6) is 0.192. The van der Waals surface area contributed by atoms with Crippen LogP contribution in [-0.2, 0) is 12.8 Å². The Balaban J connectivity index is 1.43. The van der Waals surface area contributed by atoms with Crippen molar-refractivity contribution in [2.75, 3.05) is 31.1 Å². The van der Waals surface area contributed by atoms with Gasteiger partial charge in [0.1, 0.15) is 0 Å². The first-order valence-corrected chi connectivity index (χ1v) is 9.43. The van der Waals surface area contributed by atoms with Crippen molar-refractivity contribution in [1.82, 2.24) is 4.90 Å². The Morgan fingerprint density at radius 2 is 1.64 bits per heavy atom. The van der Waals surface area contributed by atoms with Crippen molar-refractivity contribution in [3.8, 4) is 0 Å². The molecule has 1 amide bonds. The van der Waals surface area contributed by atoms with Crippen LogP contribution in [0, 0.1) is 6.92 Å². The highest BCUT2D eigenvalue weighted by atomic mass is 16.2. The normalized spacial score (nSPS) is 17.3. The molecule has 1 heterocycles. The third-order valence-corrected chi connectivity index (χ3v) is 5.53. The molecule has 2 aromatic carbocycles. The van der Waals surface area contributed by atoms with Crippen LogP contribution in [0.5, 0.6) is 0 Å². The molecule has 25 heavy (non-hydrogen) atoms. The molecule has 2 aliphatic rings. The molecule has 0 atom stereocenters. The number of piperazine rings is 1. The van der Waals surface area contributed by atoms with Crippen LogP contribution in [0.3, 0.4) is 0 Å². The zero-order chi connectivity index (χ0) is 17.2. The summed E-state index contributed by atoms with van der Waals surface area (Å²) in [5.41, 5.74) is 6.23. The summed E-state index contributed by atoms with van der Waals surface area (Å²) in [6.45, 7) is 5.52. The van der Waals surface area contributed by atoms with Gasteiger partial charge in [0.15, 0.2) is 0 Å². The van der Waals surface area contributed by atoms with Gasteiger partial charge in [-0.25, -0.2) is 0 Å². The Morgan fingerprint density at radius 1 is 0.880 bits per heavy atom. The van der Waals surface area contributed by atoms with Crippen molar-refractivity contribution in [2.45, 2.75) is 32.6 Å². The average Bonchev–Trinajstić information content (AvgIpc) is 2.67. The van der Waals surface area contributed by atoms with Gasteiger partial charge >= 0.3 is 0 Å². The molecule has 4 rings (SSSR count). The summed E-state index contributed by atoms with van der Waals surface area (Å²) < 4.78 is 0. The highest BCUT2D eigenvalue weighted by Gasteiger charge is 2.23. The SMILES string of the molecule is Cc1cccc(N2CCN(C(=O)c3ccc4c(c3)CCCC4)CC2)c1. The van der Waals surface area contributed by atoms with Gasteiger partial charge in [0, 0.05) is 37.4 Å². The molecular weight excluding hydrogens is 308 g/mol. The average molecular weight is 334 g/mol. The van der Waals surface area contributed by atoms with E-state index in [1.54, 1.807) is 0 Å². The van der Waals surface area contributed by atoms with Crippen LogP contribution in [-0.4, -0.2) is 37.0 Å². The Labute approximate surface area is 150 Å². The zero-order valence-electron chi connectivity index (χ0n) is 15.0. The van der Waals surface area contributed by atoms with Crippen LogP contribution in [0.4, 0.5) is 5.69 Å². The number of anilines is 1. The molecule has 1 aliphatic carbocycles. The minimum atomic E-state index is 0.192. The first-order valence-electron chi connectivity index (χ1n) is 9.43. The third-order valence-electron chi connectivity index (χ3n) is 5.53. The number of amides is 1. The molecule has 3 nitrogen and oxygen atoms in total. The lowest BCUT2D eigenvalue weighted by atomic mass is 9.90. The van der Waals surface area contributed by atoms with E-state index in [1.807, 2.05) is 11.0 Å². The van der Waals surface area contributed by atoms with Gasteiger partial charge in [0.2, 0.25) is 0 Å². The smallest absolute Gasteiger partial charge is 0.253 e. The number of hydrogen-bond acceptors (Lipinski definition) is 2. The second kappa shape index (κ2) is 6.91. The zero-order valence-corrected chi connectivity index (χ0v) is 15.0. The lowest BCUT2D eigenvalue weighted by Gasteiger charge is -2.36. The minimum absolute atomic E-state index is 0.192. The number of carbonyl (C=O) groups excluding carboxylic acids is 1. The molecule has 0 spiro atoms. The van der Waals surface area contributed by atoms with E-state index in [-0.39, 0.29) is 5.91 Å². The monoisotopic (exact) mass is 334 g/mol. The van der Waals surface area contributed by atoms with Crippen molar-refractivity contribution in [2.24, 2.45) is 0 Å². The molecule has 0 aromatic heterocycles. The summed E-state index contributed by atoms with van der Waals surface area (Å²) in [6.07, 6.45) is 4.82. The van der Waals surface area contributed by atoms with E-state index in [4.69, 9.17) is 0 Å². The van der Waals surface area contributed by atoms with Gasteiger partial charge in [0.25, 0.3) is 5.91 Å². The van der Waals surface area contributed by atoms with Crippen molar-refractivity contribution >= 4 is 11.6 Å². The van der Waals surface area contributed by atoms with Gasteiger partial charge < -0.3 is 9.80 Å². The molecule has 0 radical (unpaired) electrons. The highest BCUT2D eigenvalue weighted by molar-refractivity contribution is 5.94. The topological polar surface area (TPSA) is 23.6 Å².